The Morgan fingerprint density at radius 3 is 2.67 bits per heavy atom. The number of sulfonamides is 1. The number of hydrogen-bond donors (Lipinski definition) is 1. The second-order valence-corrected chi connectivity index (χ2v) is 9.18. The van der Waals surface area contributed by atoms with Crippen LogP contribution >= 0.6 is 11.6 Å². The smallest absolute Gasteiger partial charge is 0.338 e. The number of aryl methyl sites for hydroxylation is 1. The van der Waals surface area contributed by atoms with E-state index in [1.165, 1.54) is 24.5 Å². The number of halogens is 1. The second kappa shape index (κ2) is 9.57. The van der Waals surface area contributed by atoms with Crippen molar-refractivity contribution in [3.8, 4) is 11.4 Å². The van der Waals surface area contributed by atoms with Crippen molar-refractivity contribution in [3.63, 3.8) is 0 Å². The van der Waals surface area contributed by atoms with E-state index in [2.05, 4.69) is 14.9 Å². The van der Waals surface area contributed by atoms with Crippen molar-refractivity contribution >= 4 is 27.6 Å². The highest BCUT2D eigenvalue weighted by atomic mass is 35.5. The fourth-order valence-corrected chi connectivity index (χ4v) is 4.03. The van der Waals surface area contributed by atoms with Gasteiger partial charge in [-0.25, -0.2) is 17.9 Å². The van der Waals surface area contributed by atoms with Crippen LogP contribution in [0.4, 0.5) is 0 Å². The molecule has 0 aliphatic heterocycles. The van der Waals surface area contributed by atoms with Crippen LogP contribution in [0.25, 0.3) is 11.4 Å². The summed E-state index contributed by atoms with van der Waals surface area (Å²) in [6.07, 6.45) is 1.45. The number of nitrogens with zero attached hydrogens (tertiary/aromatic N) is 2. The van der Waals surface area contributed by atoms with Gasteiger partial charge >= 0.3 is 5.97 Å². The van der Waals surface area contributed by atoms with Crippen molar-refractivity contribution in [1.29, 1.82) is 0 Å². The third-order valence-corrected chi connectivity index (χ3v) is 6.30. The van der Waals surface area contributed by atoms with Crippen LogP contribution in [0.3, 0.4) is 0 Å². The molecule has 2 heterocycles. The van der Waals surface area contributed by atoms with Gasteiger partial charge in [0.25, 0.3) is 5.89 Å². The van der Waals surface area contributed by atoms with Crippen molar-refractivity contribution in [2.45, 2.75) is 25.0 Å². The van der Waals surface area contributed by atoms with Crippen LogP contribution in [-0.4, -0.2) is 24.5 Å². The van der Waals surface area contributed by atoms with Gasteiger partial charge < -0.3 is 13.7 Å². The van der Waals surface area contributed by atoms with Crippen molar-refractivity contribution in [1.82, 2.24) is 14.9 Å². The van der Waals surface area contributed by atoms with Gasteiger partial charge in [0, 0.05) is 10.6 Å². The number of nitrogens with one attached hydrogen (secondary N) is 1. The van der Waals surface area contributed by atoms with Gasteiger partial charge in [-0.1, -0.05) is 22.8 Å². The van der Waals surface area contributed by atoms with Gasteiger partial charge in [0.15, 0.2) is 6.61 Å². The Morgan fingerprint density at radius 1 is 1.15 bits per heavy atom. The molecule has 1 N–H and O–H groups in total. The summed E-state index contributed by atoms with van der Waals surface area (Å²) in [4.78, 5) is 16.7. The summed E-state index contributed by atoms with van der Waals surface area (Å²) in [5.74, 6) is 0.157. The van der Waals surface area contributed by atoms with Gasteiger partial charge in [-0.3, -0.25) is 0 Å². The molecule has 0 aliphatic carbocycles. The Kier molecular flexibility index (Phi) is 6.59. The maximum absolute atomic E-state index is 12.6. The zero-order chi connectivity index (χ0) is 23.4. The molecule has 0 unspecified atom stereocenters. The summed E-state index contributed by atoms with van der Waals surface area (Å²) in [7, 11) is -3.87. The highest BCUT2D eigenvalue weighted by molar-refractivity contribution is 7.89. The molecule has 170 valence electrons. The molecule has 33 heavy (non-hydrogen) atoms. The lowest BCUT2D eigenvalue weighted by molar-refractivity contribution is 0.0428. The summed E-state index contributed by atoms with van der Waals surface area (Å²) in [6, 6.07) is 14.4. The van der Waals surface area contributed by atoms with Crippen LogP contribution in [0, 0.1) is 6.92 Å². The van der Waals surface area contributed by atoms with E-state index >= 15 is 0 Å². The van der Waals surface area contributed by atoms with Gasteiger partial charge in [-0.05, 0) is 61.0 Å². The zero-order valence-corrected chi connectivity index (χ0v) is 18.9. The average molecular weight is 488 g/mol. The first-order valence-electron chi connectivity index (χ1n) is 9.70. The number of ether oxygens (including phenoxy) is 1. The van der Waals surface area contributed by atoms with Crippen molar-refractivity contribution in [3.05, 3.63) is 88.7 Å². The van der Waals surface area contributed by atoms with E-state index in [4.69, 9.17) is 25.3 Å². The lowest BCUT2D eigenvalue weighted by Gasteiger charge is -2.10. The predicted molar refractivity (Wildman–Crippen MR) is 118 cm³/mol. The molecule has 2 aromatic heterocycles. The van der Waals surface area contributed by atoms with E-state index < -0.39 is 16.0 Å². The predicted octanol–water partition coefficient (Wildman–Crippen LogP) is 4.13. The Bertz CT molecular complexity index is 1370. The van der Waals surface area contributed by atoms with Crippen LogP contribution < -0.4 is 4.72 Å². The zero-order valence-electron chi connectivity index (χ0n) is 17.3. The Morgan fingerprint density at radius 2 is 1.94 bits per heavy atom. The molecule has 2 aromatic carbocycles. The van der Waals surface area contributed by atoms with Crippen LogP contribution in [0.5, 0.6) is 0 Å². The molecule has 0 amide bonds. The number of carbonyl (C=O) groups excluding carboxylic acids is 1. The first-order valence-corrected chi connectivity index (χ1v) is 11.6. The van der Waals surface area contributed by atoms with E-state index in [-0.39, 0.29) is 29.5 Å². The van der Waals surface area contributed by atoms with Crippen molar-refractivity contribution < 1.29 is 26.9 Å². The lowest BCUT2D eigenvalue weighted by atomic mass is 10.1. The Hall–Kier alpha value is -3.47. The van der Waals surface area contributed by atoms with Crippen molar-refractivity contribution in [2.24, 2.45) is 0 Å². The van der Waals surface area contributed by atoms with Crippen molar-refractivity contribution in [2.75, 3.05) is 0 Å². The van der Waals surface area contributed by atoms with Crippen LogP contribution in [0.2, 0.25) is 5.02 Å². The molecule has 4 aromatic rings. The molecule has 0 fully saturated rings. The summed E-state index contributed by atoms with van der Waals surface area (Å²) < 4.78 is 43.2. The molecule has 0 spiro atoms. The van der Waals surface area contributed by atoms with E-state index in [1.807, 2.05) is 0 Å². The molecule has 0 aliphatic rings. The minimum atomic E-state index is -3.87. The standard InChI is InChI=1S/C22H18ClN3O6S/c1-14-4-9-18(33(28,29)24-12-17-3-2-10-30-17)11-19(14)22(27)31-13-20-25-21(26-32-20)15-5-7-16(23)8-6-15/h2-11,24H,12-13H2,1H3. The van der Waals surface area contributed by atoms with Gasteiger partial charge in [-0.15, -0.1) is 0 Å². The first-order chi connectivity index (χ1) is 15.8. The summed E-state index contributed by atoms with van der Waals surface area (Å²) in [5, 5.41) is 4.43. The lowest BCUT2D eigenvalue weighted by Crippen LogP contribution is -2.23. The van der Waals surface area contributed by atoms with Crippen LogP contribution in [0.1, 0.15) is 27.6 Å². The molecule has 11 heteroatoms. The van der Waals surface area contributed by atoms with E-state index in [0.717, 1.165) is 0 Å². The highest BCUT2D eigenvalue weighted by Gasteiger charge is 2.20. The minimum Gasteiger partial charge on any atom is -0.468 e. The summed E-state index contributed by atoms with van der Waals surface area (Å²) >= 11 is 5.87. The minimum absolute atomic E-state index is 0.0178. The van der Waals surface area contributed by atoms with E-state index in [9.17, 15) is 13.2 Å². The Balaban J connectivity index is 1.43. The molecule has 0 saturated carbocycles. The first kappa shape index (κ1) is 22.7. The molecule has 0 saturated heterocycles. The maximum atomic E-state index is 12.6. The second-order valence-electron chi connectivity index (χ2n) is 6.98. The number of furan rings is 1. The topological polar surface area (TPSA) is 125 Å². The molecular weight excluding hydrogens is 470 g/mol. The maximum Gasteiger partial charge on any atom is 0.338 e. The largest absolute Gasteiger partial charge is 0.468 e. The fourth-order valence-electron chi connectivity index (χ4n) is 2.89. The number of carbonyl (C=O) groups is 1. The number of benzene rings is 2. The van der Waals surface area contributed by atoms with Gasteiger partial charge in [-0.2, -0.15) is 4.98 Å². The number of hydrogen-bond acceptors (Lipinski definition) is 8. The average Bonchev–Trinajstić information content (AvgIpc) is 3.49. The molecule has 4 rings (SSSR count). The van der Waals surface area contributed by atoms with E-state index in [1.54, 1.807) is 43.3 Å². The SMILES string of the molecule is Cc1ccc(S(=O)(=O)NCc2ccco2)cc1C(=O)OCc1nc(-c2ccc(Cl)cc2)no1. The Labute approximate surface area is 194 Å². The third-order valence-electron chi connectivity index (χ3n) is 4.65. The van der Waals surface area contributed by atoms with E-state index in [0.29, 0.717) is 27.7 Å². The third kappa shape index (κ3) is 5.48. The number of esters is 1. The van der Waals surface area contributed by atoms with Gasteiger partial charge in [0.2, 0.25) is 15.8 Å². The quantitative estimate of drug-likeness (QED) is 0.368. The number of rotatable bonds is 8. The molecule has 0 atom stereocenters. The number of aromatic nitrogens is 2. The summed E-state index contributed by atoms with van der Waals surface area (Å²) in [6.45, 7) is 1.39. The summed E-state index contributed by atoms with van der Waals surface area (Å²) in [5.41, 5.74) is 1.35. The highest BCUT2D eigenvalue weighted by Crippen LogP contribution is 2.20. The van der Waals surface area contributed by atoms with Crippen LogP contribution in [-0.2, 0) is 27.9 Å². The van der Waals surface area contributed by atoms with Gasteiger partial charge in [0.05, 0.1) is 23.3 Å². The van der Waals surface area contributed by atoms with Gasteiger partial charge in [0.1, 0.15) is 5.76 Å². The molecule has 0 bridgehead atoms. The molecule has 9 nitrogen and oxygen atoms in total. The molecule has 0 radical (unpaired) electrons. The fraction of sp³-hybridized carbons (Fsp3) is 0.136. The normalized spacial score (nSPS) is 11.5. The van der Waals surface area contributed by atoms with Crippen LogP contribution in [0.15, 0.2) is 74.7 Å². The monoisotopic (exact) mass is 487 g/mol. The molecular formula is C22H18ClN3O6S.